The van der Waals surface area contributed by atoms with Crippen LogP contribution in [0.4, 0.5) is 0 Å². The topological polar surface area (TPSA) is 45.7 Å². The second kappa shape index (κ2) is 2.24. The van der Waals surface area contributed by atoms with Crippen LogP contribution in [-0.4, -0.2) is 25.5 Å². The maximum absolute atomic E-state index is 10.5. The van der Waals surface area contributed by atoms with Crippen molar-refractivity contribution in [2.75, 3.05) is 13.6 Å². The number of carbonyl (C=O) groups excluding carboxylic acids is 1. The van der Waals surface area contributed by atoms with Gasteiger partial charge < -0.3 is 5.32 Å². The first-order chi connectivity index (χ1) is 3.83. The van der Waals surface area contributed by atoms with E-state index in [2.05, 4.69) is 5.32 Å². The number of quaternary nitrogens is 1. The van der Waals surface area contributed by atoms with Gasteiger partial charge in [0.1, 0.15) is 0 Å². The summed E-state index contributed by atoms with van der Waals surface area (Å²) < 4.78 is 0. The Bertz CT molecular complexity index is 103. The quantitative estimate of drug-likeness (QED) is 0.418. The van der Waals surface area contributed by atoms with E-state index in [0.29, 0.717) is 12.5 Å². The maximum Gasteiger partial charge on any atom is 0.312 e. The Morgan fingerprint density at radius 1 is 1.88 bits per heavy atom. The number of nitrogens with one attached hydrogen (secondary N) is 1. The minimum Gasteiger partial charge on any atom is -0.311 e. The van der Waals surface area contributed by atoms with Gasteiger partial charge in [0.05, 0.1) is 19.0 Å². The van der Waals surface area contributed by atoms with Gasteiger partial charge in [0.15, 0.2) is 0 Å². The summed E-state index contributed by atoms with van der Waals surface area (Å²) in [6.07, 6.45) is 0.691. The number of carbonyl (C=O) groups is 1. The molecule has 1 amide bonds. The van der Waals surface area contributed by atoms with Crippen LogP contribution in [0.2, 0.25) is 0 Å². The summed E-state index contributed by atoms with van der Waals surface area (Å²) in [4.78, 5) is 10.5. The normalized spacial score (nSPS) is 29.1. The molecule has 0 spiro atoms. The second-order valence-corrected chi connectivity index (χ2v) is 2.10. The molecule has 0 radical (unpaired) electrons. The molecule has 1 aliphatic rings. The van der Waals surface area contributed by atoms with Crippen molar-refractivity contribution in [1.82, 2.24) is 5.32 Å². The first-order valence-electron chi connectivity index (χ1n) is 2.86. The third-order valence-electron chi connectivity index (χ3n) is 1.49. The van der Waals surface area contributed by atoms with Gasteiger partial charge in [-0.1, -0.05) is 0 Å². The number of hydrogen-bond acceptors (Lipinski definition) is 2. The molecule has 1 fully saturated rings. The molecule has 1 unspecified atom stereocenters. The molecule has 3 heteroatoms. The average Bonchev–Trinajstić information content (AvgIpc) is 2.14. The molecule has 3 nitrogen and oxygen atoms in total. The molecule has 0 aliphatic carbocycles. The Balaban J connectivity index is 2.32. The first-order valence-corrected chi connectivity index (χ1v) is 2.86. The maximum atomic E-state index is 10.5. The van der Waals surface area contributed by atoms with Gasteiger partial charge in [-0.05, 0) is 7.05 Å². The largest absolute Gasteiger partial charge is 0.312 e. The van der Waals surface area contributed by atoms with E-state index in [1.165, 1.54) is 0 Å². The molecule has 0 aromatic rings. The predicted molar refractivity (Wildman–Crippen MR) is 29.3 cm³/mol. The number of hydrogen-bond donors (Lipinski definition) is 2. The van der Waals surface area contributed by atoms with E-state index < -0.39 is 0 Å². The summed E-state index contributed by atoms with van der Waals surface area (Å²) >= 11 is 0. The highest BCUT2D eigenvalue weighted by Gasteiger charge is 2.23. The molecule has 1 atom stereocenters. The molecule has 8 heavy (non-hydrogen) atoms. The summed E-state index contributed by atoms with van der Waals surface area (Å²) in [5.74, 6) is 0.282. The van der Waals surface area contributed by atoms with Gasteiger partial charge in [0, 0.05) is 0 Å². The fourth-order valence-corrected chi connectivity index (χ4v) is 0.903. The number of amides is 1. The highest BCUT2D eigenvalue weighted by Crippen LogP contribution is 1.89. The predicted octanol–water partition coefficient (Wildman–Crippen LogP) is -1.93. The Morgan fingerprint density at radius 2 is 2.62 bits per heavy atom. The third kappa shape index (κ3) is 1.05. The highest BCUT2D eigenvalue weighted by molar-refractivity contribution is 5.67. The molecule has 46 valence electrons. The van der Waals surface area contributed by atoms with Crippen LogP contribution in [0, 0.1) is 0 Å². The zero-order valence-electron chi connectivity index (χ0n) is 4.98. The monoisotopic (exact) mass is 115 g/mol. The number of nitrogens with two attached hydrogens (primary N) is 1. The number of likely N-dealkylation sites (N-methyl/N-ethyl adjacent to an activating group) is 1. The van der Waals surface area contributed by atoms with Gasteiger partial charge in [-0.15, -0.1) is 0 Å². The van der Waals surface area contributed by atoms with Crippen LogP contribution in [0.25, 0.3) is 0 Å². The second-order valence-electron chi connectivity index (χ2n) is 2.10. The van der Waals surface area contributed by atoms with Crippen molar-refractivity contribution in [3.63, 3.8) is 0 Å². The van der Waals surface area contributed by atoms with Crippen molar-refractivity contribution >= 4 is 5.91 Å². The third-order valence-corrected chi connectivity index (χ3v) is 1.49. The molecule has 1 rings (SSSR count). The Morgan fingerprint density at radius 3 is 2.88 bits per heavy atom. The molecular formula is C5H11N2O+. The smallest absolute Gasteiger partial charge is 0.311 e. The van der Waals surface area contributed by atoms with Crippen LogP contribution >= 0.6 is 0 Å². The van der Waals surface area contributed by atoms with Crippen LogP contribution in [-0.2, 0) is 4.79 Å². The summed E-state index contributed by atoms with van der Waals surface area (Å²) in [6.45, 7) is 0.912. The molecule has 1 saturated heterocycles. The van der Waals surface area contributed by atoms with E-state index in [-0.39, 0.29) is 5.91 Å². The van der Waals surface area contributed by atoms with Crippen LogP contribution < -0.4 is 10.6 Å². The zero-order chi connectivity index (χ0) is 5.98. The van der Waals surface area contributed by atoms with E-state index in [4.69, 9.17) is 0 Å². The molecule has 1 heterocycles. The van der Waals surface area contributed by atoms with Gasteiger partial charge in [0.2, 0.25) is 0 Å². The lowest BCUT2D eigenvalue weighted by Crippen LogP contribution is -2.85. The first kappa shape index (κ1) is 5.72. The molecule has 0 aromatic carbocycles. The lowest BCUT2D eigenvalue weighted by atomic mass is 10.3. The van der Waals surface area contributed by atoms with E-state index in [9.17, 15) is 4.79 Å². The Kier molecular flexibility index (Phi) is 1.60. The standard InChI is InChI=1S/C5H10N2O/c1-6-4-2-5(8)7-3-4/h4,6H,2-3H2,1H3,(H,7,8)/p+1. The van der Waals surface area contributed by atoms with Crippen LogP contribution in [0.3, 0.4) is 0 Å². The molecule has 1 aliphatic heterocycles. The Labute approximate surface area is 48.5 Å². The van der Waals surface area contributed by atoms with Gasteiger partial charge >= 0.3 is 5.91 Å². The summed E-state index contributed by atoms with van der Waals surface area (Å²) in [6, 6.07) is 0.419. The molecular weight excluding hydrogens is 104 g/mol. The molecule has 3 N–H and O–H groups in total. The van der Waals surface area contributed by atoms with Gasteiger partial charge in [-0.3, -0.25) is 5.32 Å². The fourth-order valence-electron chi connectivity index (χ4n) is 0.903. The number of primary amides is 1. The van der Waals surface area contributed by atoms with E-state index >= 15 is 0 Å². The van der Waals surface area contributed by atoms with Crippen molar-refractivity contribution in [3.8, 4) is 0 Å². The van der Waals surface area contributed by atoms with Gasteiger partial charge in [-0.2, -0.15) is 0 Å². The lowest BCUT2D eigenvalue weighted by molar-refractivity contribution is -0.555. The van der Waals surface area contributed by atoms with Crippen molar-refractivity contribution in [1.29, 1.82) is 0 Å². The van der Waals surface area contributed by atoms with Crippen molar-refractivity contribution in [3.05, 3.63) is 0 Å². The van der Waals surface area contributed by atoms with Crippen LogP contribution in [0.5, 0.6) is 0 Å². The summed E-state index contributed by atoms with van der Waals surface area (Å²) in [7, 11) is 1.89. The van der Waals surface area contributed by atoms with Crippen LogP contribution in [0.1, 0.15) is 6.42 Å². The van der Waals surface area contributed by atoms with E-state index in [0.717, 1.165) is 6.54 Å². The van der Waals surface area contributed by atoms with E-state index in [1.807, 2.05) is 7.05 Å². The van der Waals surface area contributed by atoms with E-state index in [1.54, 1.807) is 5.32 Å². The minimum absolute atomic E-state index is 0.282. The lowest BCUT2D eigenvalue weighted by Gasteiger charge is -1.97. The molecule has 0 saturated carbocycles. The van der Waals surface area contributed by atoms with Gasteiger partial charge in [-0.25, -0.2) is 4.79 Å². The van der Waals surface area contributed by atoms with Crippen molar-refractivity contribution in [2.24, 2.45) is 0 Å². The molecule has 0 bridgehead atoms. The Hall–Kier alpha value is -0.410. The highest BCUT2D eigenvalue weighted by atomic mass is 16.1. The average molecular weight is 115 g/mol. The van der Waals surface area contributed by atoms with Gasteiger partial charge in [0.25, 0.3) is 0 Å². The number of rotatable bonds is 1. The summed E-state index contributed by atoms with van der Waals surface area (Å²) in [5.41, 5.74) is 0. The fraction of sp³-hybridized carbons (Fsp3) is 0.800. The van der Waals surface area contributed by atoms with Crippen LogP contribution in [0.15, 0.2) is 0 Å². The van der Waals surface area contributed by atoms with Crippen molar-refractivity contribution < 1.29 is 10.1 Å². The molecule has 0 aromatic heterocycles. The zero-order valence-corrected chi connectivity index (χ0v) is 4.98. The minimum atomic E-state index is 0.282. The van der Waals surface area contributed by atoms with Crippen molar-refractivity contribution in [2.45, 2.75) is 12.5 Å². The summed E-state index contributed by atoms with van der Waals surface area (Å²) in [5, 5.41) is 4.79. The SMILES string of the molecule is CNC1C[NH2+]C(=O)C1.